The third-order valence-electron chi connectivity index (χ3n) is 3.59. The van der Waals surface area contributed by atoms with Crippen molar-refractivity contribution in [1.29, 1.82) is 0 Å². The van der Waals surface area contributed by atoms with Crippen molar-refractivity contribution in [3.05, 3.63) is 60.2 Å². The average Bonchev–Trinajstić information content (AvgIpc) is 2.63. The Kier molecular flexibility index (Phi) is 8.81. The molecule has 2 rings (SSSR count). The molecule has 0 aliphatic carbocycles. The van der Waals surface area contributed by atoms with Crippen LogP contribution in [0.3, 0.4) is 0 Å². The van der Waals surface area contributed by atoms with Gasteiger partial charge in [-0.3, -0.25) is 0 Å². The molecule has 3 nitrogen and oxygen atoms in total. The van der Waals surface area contributed by atoms with Gasteiger partial charge in [0, 0.05) is 12.7 Å². The van der Waals surface area contributed by atoms with Gasteiger partial charge in [-0.15, -0.1) is 0 Å². The summed E-state index contributed by atoms with van der Waals surface area (Å²) in [5.41, 5.74) is 1.23. The van der Waals surface area contributed by atoms with E-state index in [9.17, 15) is 0 Å². The van der Waals surface area contributed by atoms with Gasteiger partial charge in [-0.05, 0) is 43.4 Å². The summed E-state index contributed by atoms with van der Waals surface area (Å²) < 4.78 is 17.1. The number of ether oxygens (including phenoxy) is 3. The second kappa shape index (κ2) is 11.5. The zero-order chi connectivity index (χ0) is 16.9. The van der Waals surface area contributed by atoms with Gasteiger partial charge >= 0.3 is 0 Å². The molecular formula is C21H28O3. The highest BCUT2D eigenvalue weighted by molar-refractivity contribution is 5.32. The molecule has 0 spiro atoms. The summed E-state index contributed by atoms with van der Waals surface area (Å²) in [4.78, 5) is 0. The van der Waals surface area contributed by atoms with Crippen LogP contribution in [0.2, 0.25) is 0 Å². The van der Waals surface area contributed by atoms with Crippen LogP contribution in [-0.2, 0) is 11.3 Å². The normalized spacial score (nSPS) is 10.5. The summed E-state index contributed by atoms with van der Waals surface area (Å²) in [7, 11) is 0. The highest BCUT2D eigenvalue weighted by atomic mass is 16.5. The van der Waals surface area contributed by atoms with Crippen molar-refractivity contribution >= 4 is 0 Å². The van der Waals surface area contributed by atoms with Crippen LogP contribution in [-0.4, -0.2) is 19.8 Å². The summed E-state index contributed by atoms with van der Waals surface area (Å²) in [6.45, 7) is 5.07. The Balaban J connectivity index is 1.50. The fourth-order valence-electron chi connectivity index (χ4n) is 2.31. The Bertz CT molecular complexity index is 554. The van der Waals surface area contributed by atoms with E-state index in [1.165, 1.54) is 5.56 Å². The number of rotatable bonds is 12. The lowest BCUT2D eigenvalue weighted by Crippen LogP contribution is -2.00. The quantitative estimate of drug-likeness (QED) is 0.499. The largest absolute Gasteiger partial charge is 0.493 e. The molecule has 0 aromatic heterocycles. The molecule has 0 heterocycles. The number of hydrogen-bond acceptors (Lipinski definition) is 3. The maximum atomic E-state index is 5.78. The fourth-order valence-corrected chi connectivity index (χ4v) is 2.31. The van der Waals surface area contributed by atoms with E-state index in [0.717, 1.165) is 57.0 Å². The van der Waals surface area contributed by atoms with Crippen LogP contribution in [0.4, 0.5) is 0 Å². The van der Waals surface area contributed by atoms with Gasteiger partial charge in [0.25, 0.3) is 0 Å². The van der Waals surface area contributed by atoms with Crippen molar-refractivity contribution in [2.24, 2.45) is 0 Å². The van der Waals surface area contributed by atoms with Gasteiger partial charge < -0.3 is 14.2 Å². The average molecular weight is 328 g/mol. The van der Waals surface area contributed by atoms with Crippen LogP contribution in [0.1, 0.15) is 38.2 Å². The second-order valence-electron chi connectivity index (χ2n) is 5.77. The van der Waals surface area contributed by atoms with Gasteiger partial charge in [0.15, 0.2) is 0 Å². The highest BCUT2D eigenvalue weighted by Gasteiger charge is 1.98. The third kappa shape index (κ3) is 7.51. The first-order valence-corrected chi connectivity index (χ1v) is 8.86. The first kappa shape index (κ1) is 18.3. The summed E-state index contributed by atoms with van der Waals surface area (Å²) in [6, 6.07) is 18.1. The Morgan fingerprint density at radius 2 is 1.42 bits per heavy atom. The molecule has 0 N–H and O–H groups in total. The van der Waals surface area contributed by atoms with E-state index in [0.29, 0.717) is 6.61 Å². The minimum absolute atomic E-state index is 0.696. The zero-order valence-corrected chi connectivity index (χ0v) is 14.6. The van der Waals surface area contributed by atoms with E-state index >= 15 is 0 Å². The summed E-state index contributed by atoms with van der Waals surface area (Å²) in [5, 5.41) is 0. The molecule has 0 aliphatic rings. The smallest absolute Gasteiger partial charge is 0.122 e. The number of unbranched alkanes of at least 4 members (excludes halogenated alkanes) is 2. The van der Waals surface area contributed by atoms with Crippen LogP contribution in [0, 0.1) is 0 Å². The molecule has 24 heavy (non-hydrogen) atoms. The predicted octanol–water partition coefficient (Wildman–Crippen LogP) is 5.24. The van der Waals surface area contributed by atoms with Crippen LogP contribution in [0.25, 0.3) is 0 Å². The summed E-state index contributed by atoms with van der Waals surface area (Å²) in [5.74, 6) is 1.76. The first-order chi connectivity index (χ1) is 11.9. The molecule has 0 saturated carbocycles. The fraction of sp³-hybridized carbons (Fsp3) is 0.429. The molecule has 0 radical (unpaired) electrons. The van der Waals surface area contributed by atoms with Crippen molar-refractivity contribution in [2.75, 3.05) is 19.8 Å². The lowest BCUT2D eigenvalue weighted by Gasteiger charge is -2.09. The predicted molar refractivity (Wildman–Crippen MR) is 97.7 cm³/mol. The minimum atomic E-state index is 0.696. The zero-order valence-electron chi connectivity index (χ0n) is 14.6. The lowest BCUT2D eigenvalue weighted by molar-refractivity contribution is 0.116. The van der Waals surface area contributed by atoms with Crippen molar-refractivity contribution in [2.45, 2.75) is 39.2 Å². The molecule has 0 fully saturated rings. The van der Waals surface area contributed by atoms with E-state index < -0.39 is 0 Å². The van der Waals surface area contributed by atoms with Crippen molar-refractivity contribution < 1.29 is 14.2 Å². The minimum Gasteiger partial charge on any atom is -0.493 e. The van der Waals surface area contributed by atoms with Crippen molar-refractivity contribution in [3.63, 3.8) is 0 Å². The molecule has 0 bridgehead atoms. The number of hydrogen-bond donors (Lipinski definition) is 0. The monoisotopic (exact) mass is 328 g/mol. The van der Waals surface area contributed by atoms with Crippen molar-refractivity contribution in [3.8, 4) is 11.5 Å². The van der Waals surface area contributed by atoms with Crippen molar-refractivity contribution in [1.82, 2.24) is 0 Å². The molecule has 0 atom stereocenters. The molecule has 2 aromatic carbocycles. The summed E-state index contributed by atoms with van der Waals surface area (Å²) in [6.07, 6.45) is 4.23. The van der Waals surface area contributed by atoms with Gasteiger partial charge in [0.2, 0.25) is 0 Å². The third-order valence-corrected chi connectivity index (χ3v) is 3.59. The van der Waals surface area contributed by atoms with E-state index in [1.54, 1.807) is 0 Å². The van der Waals surface area contributed by atoms with Gasteiger partial charge in [-0.25, -0.2) is 0 Å². The van der Waals surface area contributed by atoms with E-state index in [4.69, 9.17) is 14.2 Å². The highest BCUT2D eigenvalue weighted by Crippen LogP contribution is 2.19. The molecule has 2 aromatic rings. The van der Waals surface area contributed by atoms with Gasteiger partial charge in [0.05, 0.1) is 19.8 Å². The molecule has 0 amide bonds. The Morgan fingerprint density at radius 1 is 0.708 bits per heavy atom. The number of benzene rings is 2. The summed E-state index contributed by atoms with van der Waals surface area (Å²) >= 11 is 0. The van der Waals surface area contributed by atoms with Gasteiger partial charge in [0.1, 0.15) is 11.5 Å². The maximum Gasteiger partial charge on any atom is 0.122 e. The van der Waals surface area contributed by atoms with E-state index in [2.05, 4.69) is 19.1 Å². The van der Waals surface area contributed by atoms with E-state index in [-0.39, 0.29) is 0 Å². The topological polar surface area (TPSA) is 27.7 Å². The molecule has 0 aliphatic heterocycles. The van der Waals surface area contributed by atoms with Crippen LogP contribution < -0.4 is 9.47 Å². The van der Waals surface area contributed by atoms with E-state index in [1.807, 2.05) is 42.5 Å². The molecule has 3 heteroatoms. The van der Waals surface area contributed by atoms with Crippen LogP contribution >= 0.6 is 0 Å². The Hall–Kier alpha value is -2.00. The molecule has 130 valence electrons. The Morgan fingerprint density at radius 3 is 2.17 bits per heavy atom. The lowest BCUT2D eigenvalue weighted by atomic mass is 10.2. The molecular weight excluding hydrogens is 300 g/mol. The SMILES string of the molecule is CCCOc1cccc(OCCCCCOCc2ccccc2)c1. The van der Waals surface area contributed by atoms with Crippen LogP contribution in [0.5, 0.6) is 11.5 Å². The van der Waals surface area contributed by atoms with Crippen LogP contribution in [0.15, 0.2) is 54.6 Å². The van der Waals surface area contributed by atoms with Gasteiger partial charge in [-0.1, -0.05) is 43.3 Å². The first-order valence-electron chi connectivity index (χ1n) is 8.86. The standard InChI is InChI=1S/C21H28O3/c1-2-14-23-20-12-9-13-21(17-20)24-16-8-4-7-15-22-18-19-10-5-3-6-11-19/h3,5-6,9-13,17H,2,4,7-8,14-16,18H2,1H3. The van der Waals surface area contributed by atoms with Gasteiger partial charge in [-0.2, -0.15) is 0 Å². The second-order valence-corrected chi connectivity index (χ2v) is 5.77. The molecule has 0 unspecified atom stereocenters. The molecule has 0 saturated heterocycles. The Labute approximate surface area is 145 Å². The maximum absolute atomic E-state index is 5.78.